The van der Waals surface area contributed by atoms with Crippen LogP contribution in [-0.2, 0) is 4.74 Å². The number of benzene rings is 1. The van der Waals surface area contributed by atoms with E-state index in [2.05, 4.69) is 4.74 Å². The molecule has 0 aliphatic rings. The van der Waals surface area contributed by atoms with E-state index in [0.717, 1.165) is 18.5 Å². The second-order valence-corrected chi connectivity index (χ2v) is 4.87. The van der Waals surface area contributed by atoms with Crippen LogP contribution in [-0.4, -0.2) is 37.0 Å². The largest absolute Gasteiger partial charge is 0.465 e. The molecule has 1 rings (SSSR count). The number of amides is 2. The standard InChI is InChI=1S/C14H14F6N2O3/c1-3-12(13(15,16)17,14(18,19)20)22-11(24)21-9-7-5-4-6-8(9)10(23)25-2/h4-7H,3H2,1-2H3,(H2,21,22,24). The summed E-state index contributed by atoms with van der Waals surface area (Å²) in [5, 5.41) is 2.75. The molecule has 0 unspecified atom stereocenters. The number of nitrogens with one attached hydrogen (secondary N) is 2. The predicted molar refractivity (Wildman–Crippen MR) is 75.1 cm³/mol. The molecule has 0 aliphatic heterocycles. The van der Waals surface area contributed by atoms with Crippen molar-refractivity contribution >= 4 is 17.7 Å². The van der Waals surface area contributed by atoms with E-state index in [1.165, 1.54) is 18.2 Å². The van der Waals surface area contributed by atoms with E-state index in [4.69, 9.17) is 0 Å². The number of para-hydroxylation sites is 1. The number of esters is 1. The number of hydrogen-bond acceptors (Lipinski definition) is 3. The first-order chi connectivity index (χ1) is 11.4. The Labute approximate surface area is 138 Å². The molecule has 11 heteroatoms. The Morgan fingerprint density at radius 2 is 1.56 bits per heavy atom. The van der Waals surface area contributed by atoms with Crippen molar-refractivity contribution in [2.24, 2.45) is 0 Å². The number of hydrogen-bond donors (Lipinski definition) is 2. The molecular formula is C14H14F6N2O3. The molecule has 0 bridgehead atoms. The van der Waals surface area contributed by atoms with E-state index in [1.807, 2.05) is 5.32 Å². The molecule has 0 saturated heterocycles. The summed E-state index contributed by atoms with van der Waals surface area (Å²) in [7, 11) is 1.02. The van der Waals surface area contributed by atoms with Gasteiger partial charge in [-0.1, -0.05) is 19.1 Å². The van der Waals surface area contributed by atoms with Crippen molar-refractivity contribution in [1.29, 1.82) is 0 Å². The van der Waals surface area contributed by atoms with Gasteiger partial charge in [0, 0.05) is 0 Å². The maximum absolute atomic E-state index is 13.0. The van der Waals surface area contributed by atoms with E-state index >= 15 is 0 Å². The minimum Gasteiger partial charge on any atom is -0.465 e. The molecule has 25 heavy (non-hydrogen) atoms. The fraction of sp³-hybridized carbons (Fsp3) is 0.429. The molecule has 0 fully saturated rings. The van der Waals surface area contributed by atoms with Crippen LogP contribution in [0.4, 0.5) is 36.8 Å². The Bertz CT molecular complexity index is 628. The van der Waals surface area contributed by atoms with Gasteiger partial charge in [-0.3, -0.25) is 0 Å². The monoisotopic (exact) mass is 372 g/mol. The Morgan fingerprint density at radius 1 is 1.04 bits per heavy atom. The molecule has 0 radical (unpaired) electrons. The highest BCUT2D eigenvalue weighted by molar-refractivity contribution is 6.00. The van der Waals surface area contributed by atoms with Crippen molar-refractivity contribution in [3.63, 3.8) is 0 Å². The number of urea groups is 1. The van der Waals surface area contributed by atoms with Gasteiger partial charge in [-0.2, -0.15) is 26.3 Å². The van der Waals surface area contributed by atoms with Crippen molar-refractivity contribution in [2.45, 2.75) is 31.2 Å². The highest BCUT2D eigenvalue weighted by Gasteiger charge is 2.70. The first kappa shape index (κ1) is 20.6. The molecule has 0 heterocycles. The second-order valence-electron chi connectivity index (χ2n) is 4.87. The van der Waals surface area contributed by atoms with Gasteiger partial charge in [0.15, 0.2) is 0 Å². The summed E-state index contributed by atoms with van der Waals surface area (Å²) in [6, 6.07) is 3.23. The number of anilines is 1. The zero-order chi connectivity index (χ0) is 19.5. The third-order valence-corrected chi connectivity index (χ3v) is 3.41. The summed E-state index contributed by atoms with van der Waals surface area (Å²) in [4.78, 5) is 23.3. The van der Waals surface area contributed by atoms with E-state index in [-0.39, 0.29) is 11.3 Å². The number of ether oxygens (including phenoxy) is 1. The third-order valence-electron chi connectivity index (χ3n) is 3.41. The van der Waals surface area contributed by atoms with Crippen molar-refractivity contribution < 1.29 is 40.7 Å². The summed E-state index contributed by atoms with van der Waals surface area (Å²) in [6.45, 7) is 0.643. The zero-order valence-corrected chi connectivity index (χ0v) is 13.0. The van der Waals surface area contributed by atoms with Gasteiger partial charge < -0.3 is 15.4 Å². The van der Waals surface area contributed by atoms with Gasteiger partial charge in [0.1, 0.15) is 0 Å². The maximum atomic E-state index is 13.0. The quantitative estimate of drug-likeness (QED) is 0.623. The Balaban J connectivity index is 3.15. The van der Waals surface area contributed by atoms with E-state index in [0.29, 0.717) is 6.92 Å². The van der Waals surface area contributed by atoms with Crippen LogP contribution in [0.3, 0.4) is 0 Å². The van der Waals surface area contributed by atoms with Gasteiger partial charge in [0.05, 0.1) is 18.4 Å². The van der Waals surface area contributed by atoms with Crippen LogP contribution < -0.4 is 10.6 Å². The lowest BCUT2D eigenvalue weighted by Gasteiger charge is -2.37. The summed E-state index contributed by atoms with van der Waals surface area (Å²) >= 11 is 0. The minimum atomic E-state index is -5.78. The minimum absolute atomic E-state index is 0.235. The van der Waals surface area contributed by atoms with Gasteiger partial charge in [-0.15, -0.1) is 0 Å². The average molecular weight is 372 g/mol. The topological polar surface area (TPSA) is 67.4 Å². The molecule has 1 aromatic rings. The third kappa shape index (κ3) is 4.15. The fourth-order valence-corrected chi connectivity index (χ4v) is 2.02. The predicted octanol–water partition coefficient (Wildman–Crippen LogP) is 3.87. The molecule has 0 atom stereocenters. The molecule has 140 valence electrons. The SMILES string of the molecule is CCC(NC(=O)Nc1ccccc1C(=O)OC)(C(F)(F)F)C(F)(F)F. The first-order valence-electron chi connectivity index (χ1n) is 6.79. The molecule has 2 N–H and O–H groups in total. The summed E-state index contributed by atoms with van der Waals surface area (Å²) in [6.07, 6.45) is -13.0. The highest BCUT2D eigenvalue weighted by atomic mass is 19.4. The van der Waals surface area contributed by atoms with E-state index in [1.54, 1.807) is 0 Å². The van der Waals surface area contributed by atoms with Gasteiger partial charge >= 0.3 is 24.4 Å². The highest BCUT2D eigenvalue weighted by Crippen LogP contribution is 2.45. The number of rotatable bonds is 4. The lowest BCUT2D eigenvalue weighted by Crippen LogP contribution is -2.67. The van der Waals surface area contributed by atoms with Crippen LogP contribution in [0, 0.1) is 0 Å². The van der Waals surface area contributed by atoms with Crippen LogP contribution >= 0.6 is 0 Å². The Hall–Kier alpha value is -2.46. The number of methoxy groups -OCH3 is 1. The zero-order valence-electron chi connectivity index (χ0n) is 13.0. The number of carbonyl (C=O) groups excluding carboxylic acids is 2. The van der Waals surface area contributed by atoms with Crippen LogP contribution in [0.5, 0.6) is 0 Å². The van der Waals surface area contributed by atoms with Crippen molar-refractivity contribution in [3.05, 3.63) is 29.8 Å². The molecule has 5 nitrogen and oxygen atoms in total. The van der Waals surface area contributed by atoms with Crippen LogP contribution in [0.15, 0.2) is 24.3 Å². The lowest BCUT2D eigenvalue weighted by atomic mass is 9.94. The number of halogens is 6. The lowest BCUT2D eigenvalue weighted by molar-refractivity contribution is -0.304. The Kier molecular flexibility index (Phi) is 5.92. The van der Waals surface area contributed by atoms with Gasteiger partial charge in [0.25, 0.3) is 0 Å². The van der Waals surface area contributed by atoms with E-state index < -0.39 is 36.3 Å². The van der Waals surface area contributed by atoms with Gasteiger partial charge in [0.2, 0.25) is 5.54 Å². The fourth-order valence-electron chi connectivity index (χ4n) is 2.02. The van der Waals surface area contributed by atoms with Gasteiger partial charge in [-0.25, -0.2) is 9.59 Å². The molecule has 0 saturated carbocycles. The van der Waals surface area contributed by atoms with Crippen LogP contribution in [0.2, 0.25) is 0 Å². The number of alkyl halides is 6. The Morgan fingerprint density at radius 3 is 2.00 bits per heavy atom. The first-order valence-corrected chi connectivity index (χ1v) is 6.79. The maximum Gasteiger partial charge on any atom is 0.420 e. The molecular weight excluding hydrogens is 358 g/mol. The molecule has 0 aromatic heterocycles. The molecule has 1 aromatic carbocycles. The molecule has 2 amide bonds. The van der Waals surface area contributed by atoms with Gasteiger partial charge in [-0.05, 0) is 18.6 Å². The van der Waals surface area contributed by atoms with Crippen molar-refractivity contribution in [2.75, 3.05) is 12.4 Å². The molecule has 0 spiro atoms. The average Bonchev–Trinajstić information content (AvgIpc) is 2.49. The van der Waals surface area contributed by atoms with Crippen LogP contribution in [0.1, 0.15) is 23.7 Å². The van der Waals surface area contributed by atoms with Crippen molar-refractivity contribution in [1.82, 2.24) is 5.32 Å². The summed E-state index contributed by atoms with van der Waals surface area (Å²) < 4.78 is 82.4. The normalized spacial score (nSPS) is 12.5. The second kappa shape index (κ2) is 7.19. The summed E-state index contributed by atoms with van der Waals surface area (Å²) in [5.41, 5.74) is -4.97. The van der Waals surface area contributed by atoms with Crippen LogP contribution in [0.25, 0.3) is 0 Å². The smallest absolute Gasteiger partial charge is 0.420 e. The number of carbonyl (C=O) groups is 2. The van der Waals surface area contributed by atoms with Crippen molar-refractivity contribution in [3.8, 4) is 0 Å². The molecule has 0 aliphatic carbocycles. The summed E-state index contributed by atoms with van der Waals surface area (Å²) in [5.74, 6) is -0.927. The van der Waals surface area contributed by atoms with E-state index in [9.17, 15) is 35.9 Å².